The second-order valence-electron chi connectivity index (χ2n) is 5.87. The van der Waals surface area contributed by atoms with Crippen molar-refractivity contribution in [1.29, 1.82) is 0 Å². The van der Waals surface area contributed by atoms with Gasteiger partial charge in [-0.05, 0) is 24.2 Å². The standard InChI is InChI=1S/C14H28BrNO2/c1-13(2)10-16(6-9-17-3)12-14(11-15)4-7-18-8-5-14/h13H,4-12H2,1-3H3. The zero-order chi connectivity index (χ0) is 13.4. The molecule has 3 nitrogen and oxygen atoms in total. The number of methoxy groups -OCH3 is 1. The first-order valence-corrected chi connectivity index (χ1v) is 8.09. The van der Waals surface area contributed by atoms with Crippen LogP contribution in [0.3, 0.4) is 0 Å². The summed E-state index contributed by atoms with van der Waals surface area (Å²) in [6, 6.07) is 0. The summed E-state index contributed by atoms with van der Waals surface area (Å²) in [5, 5.41) is 1.07. The number of hydrogen-bond donors (Lipinski definition) is 0. The Hall–Kier alpha value is 0.360. The van der Waals surface area contributed by atoms with Gasteiger partial charge in [-0.1, -0.05) is 29.8 Å². The summed E-state index contributed by atoms with van der Waals surface area (Å²) >= 11 is 3.72. The van der Waals surface area contributed by atoms with Crippen molar-refractivity contribution in [1.82, 2.24) is 4.90 Å². The van der Waals surface area contributed by atoms with Crippen molar-refractivity contribution in [3.8, 4) is 0 Å². The predicted octanol–water partition coefficient (Wildman–Crippen LogP) is 2.78. The van der Waals surface area contributed by atoms with Crippen LogP contribution in [0.4, 0.5) is 0 Å². The molecule has 0 radical (unpaired) electrons. The van der Waals surface area contributed by atoms with Crippen molar-refractivity contribution in [2.45, 2.75) is 26.7 Å². The summed E-state index contributed by atoms with van der Waals surface area (Å²) in [5.74, 6) is 0.703. The molecule has 0 aliphatic carbocycles. The van der Waals surface area contributed by atoms with Crippen molar-refractivity contribution in [2.75, 3.05) is 51.9 Å². The van der Waals surface area contributed by atoms with Crippen LogP contribution in [0.2, 0.25) is 0 Å². The summed E-state index contributed by atoms with van der Waals surface area (Å²) in [6.45, 7) is 10.5. The number of nitrogens with zero attached hydrogens (tertiary/aromatic N) is 1. The maximum absolute atomic E-state index is 5.51. The highest BCUT2D eigenvalue weighted by Gasteiger charge is 2.33. The number of hydrogen-bond acceptors (Lipinski definition) is 3. The maximum Gasteiger partial charge on any atom is 0.0589 e. The van der Waals surface area contributed by atoms with Gasteiger partial charge >= 0.3 is 0 Å². The first-order valence-electron chi connectivity index (χ1n) is 6.97. The highest BCUT2D eigenvalue weighted by Crippen LogP contribution is 2.33. The lowest BCUT2D eigenvalue weighted by Gasteiger charge is -2.40. The molecule has 4 heteroatoms. The van der Waals surface area contributed by atoms with E-state index in [2.05, 4.69) is 34.7 Å². The second-order valence-corrected chi connectivity index (χ2v) is 6.43. The van der Waals surface area contributed by atoms with Crippen molar-refractivity contribution in [3.05, 3.63) is 0 Å². The van der Waals surface area contributed by atoms with Crippen LogP contribution < -0.4 is 0 Å². The van der Waals surface area contributed by atoms with Crippen LogP contribution in [0.15, 0.2) is 0 Å². The van der Waals surface area contributed by atoms with E-state index in [0.29, 0.717) is 11.3 Å². The Labute approximate surface area is 120 Å². The maximum atomic E-state index is 5.51. The normalized spacial score (nSPS) is 19.7. The molecule has 1 heterocycles. The summed E-state index contributed by atoms with van der Waals surface area (Å²) < 4.78 is 10.7. The zero-order valence-corrected chi connectivity index (χ0v) is 13.7. The first-order chi connectivity index (χ1) is 8.62. The molecular weight excluding hydrogens is 294 g/mol. The number of ether oxygens (including phenoxy) is 2. The molecule has 108 valence electrons. The molecule has 1 fully saturated rings. The predicted molar refractivity (Wildman–Crippen MR) is 79.4 cm³/mol. The summed E-state index contributed by atoms with van der Waals surface area (Å²) in [4.78, 5) is 2.56. The van der Waals surface area contributed by atoms with Gasteiger partial charge in [-0.2, -0.15) is 0 Å². The van der Waals surface area contributed by atoms with Crippen LogP contribution in [-0.4, -0.2) is 56.8 Å². The summed E-state index contributed by atoms with van der Waals surface area (Å²) in [6.07, 6.45) is 2.33. The molecule has 0 atom stereocenters. The van der Waals surface area contributed by atoms with Gasteiger partial charge in [-0.3, -0.25) is 0 Å². The number of rotatable bonds is 8. The van der Waals surface area contributed by atoms with E-state index in [0.717, 1.165) is 44.8 Å². The molecule has 1 aliphatic heterocycles. The average Bonchev–Trinajstić information content (AvgIpc) is 2.36. The van der Waals surface area contributed by atoms with E-state index in [1.54, 1.807) is 7.11 Å². The van der Waals surface area contributed by atoms with Gasteiger partial charge in [-0.15, -0.1) is 0 Å². The average molecular weight is 322 g/mol. The molecule has 0 aromatic heterocycles. The lowest BCUT2D eigenvalue weighted by Crippen LogP contribution is -2.45. The van der Waals surface area contributed by atoms with Crippen LogP contribution in [0.5, 0.6) is 0 Å². The van der Waals surface area contributed by atoms with Crippen molar-refractivity contribution in [3.63, 3.8) is 0 Å². The lowest BCUT2D eigenvalue weighted by atomic mass is 9.81. The molecular formula is C14H28BrNO2. The molecule has 0 saturated carbocycles. The third kappa shape index (κ3) is 5.55. The molecule has 0 aromatic carbocycles. The third-order valence-electron chi connectivity index (χ3n) is 3.63. The van der Waals surface area contributed by atoms with Crippen molar-refractivity contribution in [2.24, 2.45) is 11.3 Å². The van der Waals surface area contributed by atoms with E-state index in [1.807, 2.05) is 0 Å². The van der Waals surface area contributed by atoms with Gasteiger partial charge in [0.2, 0.25) is 0 Å². The molecule has 1 rings (SSSR count). The molecule has 0 N–H and O–H groups in total. The summed E-state index contributed by atoms with van der Waals surface area (Å²) in [7, 11) is 1.78. The largest absolute Gasteiger partial charge is 0.383 e. The molecule has 18 heavy (non-hydrogen) atoms. The van der Waals surface area contributed by atoms with E-state index < -0.39 is 0 Å². The third-order valence-corrected chi connectivity index (χ3v) is 4.82. The lowest BCUT2D eigenvalue weighted by molar-refractivity contribution is 0.00266. The highest BCUT2D eigenvalue weighted by molar-refractivity contribution is 9.09. The number of alkyl halides is 1. The smallest absolute Gasteiger partial charge is 0.0589 e. The monoisotopic (exact) mass is 321 g/mol. The minimum atomic E-state index is 0.390. The van der Waals surface area contributed by atoms with Crippen molar-refractivity contribution >= 4 is 15.9 Å². The van der Waals surface area contributed by atoms with Gasteiger partial charge in [0.1, 0.15) is 0 Å². The fourth-order valence-corrected chi connectivity index (χ4v) is 3.32. The van der Waals surface area contributed by atoms with Gasteiger partial charge in [0.15, 0.2) is 0 Å². The van der Waals surface area contributed by atoms with Crippen LogP contribution in [0.25, 0.3) is 0 Å². The molecule has 1 aliphatic rings. The quantitative estimate of drug-likeness (QED) is 0.642. The first kappa shape index (κ1) is 16.4. The van der Waals surface area contributed by atoms with Crippen LogP contribution in [0, 0.1) is 11.3 Å². The van der Waals surface area contributed by atoms with Gasteiger partial charge in [0, 0.05) is 45.3 Å². The minimum Gasteiger partial charge on any atom is -0.383 e. The second kappa shape index (κ2) is 8.51. The van der Waals surface area contributed by atoms with Gasteiger partial charge in [-0.25, -0.2) is 0 Å². The molecule has 0 amide bonds. The molecule has 0 unspecified atom stereocenters. The Morgan fingerprint density at radius 3 is 2.50 bits per heavy atom. The van der Waals surface area contributed by atoms with E-state index in [-0.39, 0.29) is 0 Å². The Morgan fingerprint density at radius 2 is 2.00 bits per heavy atom. The van der Waals surface area contributed by atoms with Gasteiger partial charge in [0.25, 0.3) is 0 Å². The molecule has 0 spiro atoms. The fraction of sp³-hybridized carbons (Fsp3) is 1.00. The van der Waals surface area contributed by atoms with Gasteiger partial charge < -0.3 is 14.4 Å². The Kier molecular flexibility index (Phi) is 7.76. The highest BCUT2D eigenvalue weighted by atomic mass is 79.9. The Balaban J connectivity index is 2.54. The van der Waals surface area contributed by atoms with Crippen molar-refractivity contribution < 1.29 is 9.47 Å². The minimum absolute atomic E-state index is 0.390. The van der Waals surface area contributed by atoms with Crippen LogP contribution in [-0.2, 0) is 9.47 Å². The Bertz CT molecular complexity index is 218. The zero-order valence-electron chi connectivity index (χ0n) is 12.1. The van der Waals surface area contributed by atoms with E-state index in [9.17, 15) is 0 Å². The van der Waals surface area contributed by atoms with Gasteiger partial charge in [0.05, 0.1) is 6.61 Å². The Morgan fingerprint density at radius 1 is 1.33 bits per heavy atom. The van der Waals surface area contributed by atoms with E-state index in [4.69, 9.17) is 9.47 Å². The van der Waals surface area contributed by atoms with Crippen LogP contribution >= 0.6 is 15.9 Å². The molecule has 1 saturated heterocycles. The van der Waals surface area contributed by atoms with E-state index in [1.165, 1.54) is 12.8 Å². The molecule has 0 aromatic rings. The summed E-state index contributed by atoms with van der Waals surface area (Å²) in [5.41, 5.74) is 0.390. The van der Waals surface area contributed by atoms with Crippen LogP contribution in [0.1, 0.15) is 26.7 Å². The fourth-order valence-electron chi connectivity index (χ4n) is 2.58. The molecule has 0 bridgehead atoms. The van der Waals surface area contributed by atoms with E-state index >= 15 is 0 Å². The SMILES string of the molecule is COCCN(CC(C)C)CC1(CBr)CCOCC1. The number of halogens is 1. The topological polar surface area (TPSA) is 21.7 Å².